The van der Waals surface area contributed by atoms with Crippen LogP contribution in [0.3, 0.4) is 0 Å². The molecular formula is C23H34FN5O6. The molecule has 0 radical (unpaired) electrons. The number of hydrogen-bond donors (Lipinski definition) is 4. The third kappa shape index (κ3) is 7.42. The molecule has 0 spiro atoms. The van der Waals surface area contributed by atoms with Crippen molar-refractivity contribution in [2.75, 3.05) is 26.9 Å². The van der Waals surface area contributed by atoms with Crippen molar-refractivity contribution < 1.29 is 33.6 Å². The molecule has 194 valence electrons. The van der Waals surface area contributed by atoms with Crippen molar-refractivity contribution in [2.45, 2.75) is 62.9 Å². The smallest absolute Gasteiger partial charge is 0.251 e. The predicted octanol–water partition coefficient (Wildman–Crippen LogP) is 0.390. The quantitative estimate of drug-likeness (QED) is 0.289. The number of amides is 1. The Labute approximate surface area is 203 Å². The molecule has 1 aromatic carbocycles. The van der Waals surface area contributed by atoms with E-state index in [2.05, 4.69) is 15.6 Å². The van der Waals surface area contributed by atoms with Crippen LogP contribution in [0, 0.1) is 0 Å². The van der Waals surface area contributed by atoms with Crippen LogP contribution in [0.1, 0.15) is 25.7 Å². The van der Waals surface area contributed by atoms with Gasteiger partial charge in [0.1, 0.15) is 35.8 Å². The van der Waals surface area contributed by atoms with Gasteiger partial charge in [-0.25, -0.2) is 9.07 Å². The third-order valence-electron chi connectivity index (χ3n) is 5.80. The normalized spacial score (nSPS) is 24.3. The van der Waals surface area contributed by atoms with E-state index < -0.39 is 43.2 Å². The summed E-state index contributed by atoms with van der Waals surface area (Å²) in [6.45, 7) is -0.274. The van der Waals surface area contributed by atoms with Crippen molar-refractivity contribution in [2.24, 2.45) is 5.73 Å². The lowest BCUT2D eigenvalue weighted by Gasteiger charge is -2.42. The van der Waals surface area contributed by atoms with Gasteiger partial charge in [0, 0.05) is 12.2 Å². The number of benzene rings is 1. The number of nitrogens with zero attached hydrogens (tertiary/aromatic N) is 3. The molecule has 0 bridgehead atoms. The lowest BCUT2D eigenvalue weighted by atomic mass is 9.96. The molecule has 5 atom stereocenters. The van der Waals surface area contributed by atoms with E-state index in [9.17, 15) is 19.4 Å². The van der Waals surface area contributed by atoms with Crippen molar-refractivity contribution in [1.82, 2.24) is 20.3 Å². The topological polar surface area (TPSA) is 154 Å². The van der Waals surface area contributed by atoms with E-state index in [-0.39, 0.29) is 6.54 Å². The molecule has 0 saturated carbocycles. The zero-order valence-corrected chi connectivity index (χ0v) is 19.8. The van der Waals surface area contributed by atoms with Gasteiger partial charge in [0.2, 0.25) is 0 Å². The summed E-state index contributed by atoms with van der Waals surface area (Å²) in [4.78, 5) is 11.6. The molecule has 1 fully saturated rings. The SMILES string of the molecule is COc1cccc(-c2cn(CC3OC(OCCCCCCN)C(NC(=O)CF)C(O)C3O)nn2)c1. The van der Waals surface area contributed by atoms with E-state index >= 15 is 0 Å². The number of nitrogens with two attached hydrogens (primary N) is 1. The van der Waals surface area contributed by atoms with E-state index in [0.717, 1.165) is 31.2 Å². The summed E-state index contributed by atoms with van der Waals surface area (Å²) in [5, 5.41) is 32.0. The number of carbonyl (C=O) groups is 1. The average molecular weight is 496 g/mol. The number of unbranched alkanes of at least 4 members (excludes halogenated alkanes) is 3. The Morgan fingerprint density at radius 2 is 2.06 bits per heavy atom. The highest BCUT2D eigenvalue weighted by Crippen LogP contribution is 2.25. The van der Waals surface area contributed by atoms with Gasteiger partial charge in [0.05, 0.1) is 19.9 Å². The number of carbonyl (C=O) groups excluding carboxylic acids is 1. The Hall–Kier alpha value is -2.64. The lowest BCUT2D eigenvalue weighted by molar-refractivity contribution is -0.267. The summed E-state index contributed by atoms with van der Waals surface area (Å²) in [7, 11) is 1.57. The van der Waals surface area contributed by atoms with Gasteiger partial charge in [0.15, 0.2) is 13.0 Å². The number of aromatic nitrogens is 3. The van der Waals surface area contributed by atoms with Crippen LogP contribution in [0.25, 0.3) is 11.3 Å². The van der Waals surface area contributed by atoms with Gasteiger partial charge in [-0.3, -0.25) is 4.79 Å². The second-order valence-corrected chi connectivity index (χ2v) is 8.38. The molecular weight excluding hydrogens is 461 g/mol. The minimum atomic E-state index is -1.44. The fraction of sp³-hybridized carbons (Fsp3) is 0.609. The Kier molecular flexibility index (Phi) is 10.4. The molecule has 1 amide bonds. The molecule has 1 aliphatic rings. The molecule has 1 saturated heterocycles. The first-order valence-electron chi connectivity index (χ1n) is 11.7. The number of methoxy groups -OCH3 is 1. The predicted molar refractivity (Wildman–Crippen MR) is 124 cm³/mol. The van der Waals surface area contributed by atoms with Crippen molar-refractivity contribution >= 4 is 5.91 Å². The minimum Gasteiger partial charge on any atom is -0.497 e. The lowest BCUT2D eigenvalue weighted by Crippen LogP contribution is -2.65. The molecule has 5 unspecified atom stereocenters. The molecule has 35 heavy (non-hydrogen) atoms. The molecule has 12 heteroatoms. The van der Waals surface area contributed by atoms with Gasteiger partial charge in [0.25, 0.3) is 5.91 Å². The maximum Gasteiger partial charge on any atom is 0.251 e. The first-order chi connectivity index (χ1) is 17.0. The van der Waals surface area contributed by atoms with E-state index in [1.54, 1.807) is 13.3 Å². The Morgan fingerprint density at radius 3 is 2.80 bits per heavy atom. The van der Waals surface area contributed by atoms with Gasteiger partial charge in [-0.1, -0.05) is 30.2 Å². The zero-order chi connectivity index (χ0) is 25.2. The van der Waals surface area contributed by atoms with E-state index in [1.807, 2.05) is 24.3 Å². The van der Waals surface area contributed by atoms with Crippen LogP contribution in [0.5, 0.6) is 5.75 Å². The zero-order valence-electron chi connectivity index (χ0n) is 19.8. The molecule has 1 aliphatic heterocycles. The molecule has 11 nitrogen and oxygen atoms in total. The fourth-order valence-corrected chi connectivity index (χ4v) is 3.89. The molecule has 2 aromatic rings. The summed E-state index contributed by atoms with van der Waals surface area (Å²) < 4.78 is 31.2. The highest BCUT2D eigenvalue weighted by atomic mass is 19.1. The Balaban J connectivity index is 1.67. The number of aliphatic hydroxyl groups is 2. The first-order valence-corrected chi connectivity index (χ1v) is 11.7. The highest BCUT2D eigenvalue weighted by molar-refractivity contribution is 5.77. The number of ether oxygens (including phenoxy) is 3. The van der Waals surface area contributed by atoms with Gasteiger partial charge in [-0.05, 0) is 31.5 Å². The maximum absolute atomic E-state index is 12.8. The average Bonchev–Trinajstić information content (AvgIpc) is 3.35. The number of aliphatic hydroxyl groups excluding tert-OH is 2. The summed E-state index contributed by atoms with van der Waals surface area (Å²) in [6, 6.07) is 6.21. The fourth-order valence-electron chi connectivity index (χ4n) is 3.89. The number of alkyl halides is 1. The summed E-state index contributed by atoms with van der Waals surface area (Å²) in [5.74, 6) is -0.255. The van der Waals surface area contributed by atoms with Crippen LogP contribution in [-0.4, -0.2) is 88.7 Å². The number of rotatable bonds is 13. The van der Waals surface area contributed by atoms with Gasteiger partial charge in [-0.15, -0.1) is 5.10 Å². The summed E-state index contributed by atoms with van der Waals surface area (Å²) in [6.07, 6.45) is 0.363. The van der Waals surface area contributed by atoms with E-state index in [4.69, 9.17) is 19.9 Å². The first kappa shape index (κ1) is 27.0. The third-order valence-corrected chi connectivity index (χ3v) is 5.80. The van der Waals surface area contributed by atoms with Gasteiger partial charge < -0.3 is 35.5 Å². The van der Waals surface area contributed by atoms with E-state index in [0.29, 0.717) is 24.6 Å². The van der Waals surface area contributed by atoms with Crippen LogP contribution >= 0.6 is 0 Å². The maximum atomic E-state index is 12.8. The van der Waals surface area contributed by atoms with E-state index in [1.165, 1.54) is 4.68 Å². The molecule has 5 N–H and O–H groups in total. The van der Waals surface area contributed by atoms with Gasteiger partial charge >= 0.3 is 0 Å². The van der Waals surface area contributed by atoms with Crippen LogP contribution in [0.15, 0.2) is 30.5 Å². The van der Waals surface area contributed by atoms with Crippen LogP contribution in [0.2, 0.25) is 0 Å². The van der Waals surface area contributed by atoms with Crippen molar-refractivity contribution in [1.29, 1.82) is 0 Å². The van der Waals surface area contributed by atoms with Crippen LogP contribution < -0.4 is 15.8 Å². The minimum absolute atomic E-state index is 0.0648. The standard InChI is InChI=1S/C23H34FN5O6/c1-33-16-8-6-7-15(11-16)17-13-29(28-27-17)14-18-21(31)22(32)20(26-19(30)12-24)23(35-18)34-10-5-3-2-4-9-25/h6-8,11,13,18,20-23,31-32H,2-5,9-10,12,14,25H2,1H3,(H,26,30). The monoisotopic (exact) mass is 495 g/mol. The second kappa shape index (κ2) is 13.4. The molecule has 1 aromatic heterocycles. The molecule has 0 aliphatic carbocycles. The summed E-state index contributed by atoms with van der Waals surface area (Å²) >= 11 is 0. The van der Waals surface area contributed by atoms with Crippen molar-refractivity contribution in [3.05, 3.63) is 30.5 Å². The number of halogens is 1. The Morgan fingerprint density at radius 1 is 1.26 bits per heavy atom. The largest absolute Gasteiger partial charge is 0.497 e. The Bertz CT molecular complexity index is 931. The number of nitrogens with one attached hydrogen (secondary N) is 1. The highest BCUT2D eigenvalue weighted by Gasteiger charge is 2.46. The molecule has 2 heterocycles. The molecule has 3 rings (SSSR count). The van der Waals surface area contributed by atoms with Crippen molar-refractivity contribution in [3.8, 4) is 17.0 Å². The van der Waals surface area contributed by atoms with Gasteiger partial charge in [-0.2, -0.15) is 0 Å². The summed E-state index contributed by atoms with van der Waals surface area (Å²) in [5.41, 5.74) is 6.89. The van der Waals surface area contributed by atoms with Crippen molar-refractivity contribution in [3.63, 3.8) is 0 Å². The van der Waals surface area contributed by atoms with Crippen LogP contribution in [0.4, 0.5) is 4.39 Å². The second-order valence-electron chi connectivity index (χ2n) is 8.38. The van der Waals surface area contributed by atoms with Crippen LogP contribution in [-0.2, 0) is 20.8 Å². The number of hydrogen-bond acceptors (Lipinski definition) is 9.